The lowest BCUT2D eigenvalue weighted by molar-refractivity contribution is 0.0642. The maximum absolute atomic E-state index is 7.78. The summed E-state index contributed by atoms with van der Waals surface area (Å²) in [6, 6.07) is 30.6. The largest absolute Gasteiger partial charge is 0.497 e. The Labute approximate surface area is 295 Å². The molecule has 2 unspecified atom stereocenters. The van der Waals surface area contributed by atoms with Crippen molar-refractivity contribution in [3.05, 3.63) is 136 Å². The maximum atomic E-state index is 7.78. The van der Waals surface area contributed by atoms with Crippen LogP contribution in [-0.4, -0.2) is 13.4 Å². The predicted molar refractivity (Wildman–Crippen MR) is 204 cm³/mol. The lowest BCUT2D eigenvalue weighted by Gasteiger charge is -2.52. The minimum Gasteiger partial charge on any atom is -0.497 e. The Morgan fingerprint density at radius 1 is 0.800 bits per heavy atom. The highest BCUT2D eigenvalue weighted by Gasteiger charge is 2.55. The number of rotatable bonds is 3. The molecule has 250 valence electrons. The number of nitrogens with zero attached hydrogens (tertiary/aromatic N) is 1. The van der Waals surface area contributed by atoms with Gasteiger partial charge in [-0.05, 0) is 95.0 Å². The molecule has 5 aromatic carbocycles. The van der Waals surface area contributed by atoms with E-state index in [9.17, 15) is 0 Å². The molecule has 5 nitrogen and oxygen atoms in total. The van der Waals surface area contributed by atoms with Crippen LogP contribution in [0, 0.1) is 24.3 Å². The Kier molecular flexibility index (Phi) is 6.41. The fraction of sp³-hybridized carbons (Fsp3) is 0.311. The number of nitrogens with one attached hydrogen (secondary N) is 2. The summed E-state index contributed by atoms with van der Waals surface area (Å²) in [5, 5.41) is 9.03. The molecule has 2 aliphatic heterocycles. The molecule has 0 bridgehead atoms. The van der Waals surface area contributed by atoms with Crippen molar-refractivity contribution in [3.8, 4) is 22.6 Å². The van der Waals surface area contributed by atoms with Gasteiger partial charge in [0.2, 0.25) is 0 Å². The van der Waals surface area contributed by atoms with E-state index in [0.717, 1.165) is 57.6 Å². The molecule has 0 aromatic heterocycles. The summed E-state index contributed by atoms with van der Waals surface area (Å²) in [4.78, 5) is 3.79. The molecule has 50 heavy (non-hydrogen) atoms. The Morgan fingerprint density at radius 3 is 2.06 bits per heavy atom. The van der Waals surface area contributed by atoms with Crippen LogP contribution in [0.4, 0.5) is 11.4 Å². The number of methoxy groups -OCH3 is 1. The first-order valence-electron chi connectivity index (χ1n) is 17.7. The summed E-state index contributed by atoms with van der Waals surface area (Å²) < 4.78 is 13.2. The first-order valence-corrected chi connectivity index (χ1v) is 17.7. The van der Waals surface area contributed by atoms with Gasteiger partial charge in [0.25, 0.3) is 0 Å². The van der Waals surface area contributed by atoms with Crippen molar-refractivity contribution >= 4 is 28.2 Å². The number of anilines is 2. The van der Waals surface area contributed by atoms with Crippen LogP contribution in [0.1, 0.15) is 80.3 Å². The number of ether oxygens (including phenoxy) is 2. The zero-order valence-corrected chi connectivity index (χ0v) is 29.7. The molecule has 0 saturated heterocycles. The van der Waals surface area contributed by atoms with E-state index >= 15 is 0 Å². The third kappa shape index (κ3) is 4.37. The molecule has 5 heteroatoms. The topological polar surface area (TPSA) is 46.9 Å². The SMILES string of the molecule is [C-]#[N+]C1Nc2cc3c4c(c5c(c3cc2N1)-c1ccccc1C51CC(C)(C)CC(C)(C)C1)C=CC(c1ccc(C)cc1)(c1ccc(OC)cc1)O4. The van der Waals surface area contributed by atoms with Gasteiger partial charge in [-0.25, -0.2) is 6.57 Å². The van der Waals surface area contributed by atoms with E-state index in [1.54, 1.807) is 7.11 Å². The van der Waals surface area contributed by atoms with E-state index < -0.39 is 11.9 Å². The van der Waals surface area contributed by atoms with Crippen molar-refractivity contribution in [2.75, 3.05) is 17.7 Å². The average molecular weight is 658 g/mol. The Hall–Kier alpha value is -5.21. The highest BCUT2D eigenvalue weighted by Crippen LogP contribution is 2.67. The van der Waals surface area contributed by atoms with Crippen molar-refractivity contribution in [2.24, 2.45) is 10.8 Å². The molecule has 5 aromatic rings. The van der Waals surface area contributed by atoms with Crippen LogP contribution in [0.2, 0.25) is 0 Å². The van der Waals surface area contributed by atoms with Crippen LogP contribution in [0.25, 0.3) is 32.8 Å². The van der Waals surface area contributed by atoms with Gasteiger partial charge in [-0.1, -0.05) is 100.0 Å². The van der Waals surface area contributed by atoms with E-state index in [2.05, 4.69) is 135 Å². The highest BCUT2D eigenvalue weighted by atomic mass is 16.5. The minimum atomic E-state index is -0.873. The van der Waals surface area contributed by atoms with E-state index in [1.165, 1.54) is 39.8 Å². The first-order chi connectivity index (χ1) is 24.0. The summed E-state index contributed by atoms with van der Waals surface area (Å²) in [6.07, 6.45) is 7.44. The van der Waals surface area contributed by atoms with Crippen molar-refractivity contribution < 1.29 is 9.47 Å². The molecular formula is C45H43N3O2. The third-order valence-electron chi connectivity index (χ3n) is 11.6. The van der Waals surface area contributed by atoms with Gasteiger partial charge >= 0.3 is 6.29 Å². The summed E-state index contributed by atoms with van der Waals surface area (Å²) >= 11 is 0. The van der Waals surface area contributed by atoms with Crippen molar-refractivity contribution in [2.45, 2.75) is 71.2 Å². The van der Waals surface area contributed by atoms with Crippen LogP contribution in [0.5, 0.6) is 11.5 Å². The Morgan fingerprint density at radius 2 is 1.42 bits per heavy atom. The molecule has 2 aliphatic carbocycles. The van der Waals surface area contributed by atoms with Crippen LogP contribution >= 0.6 is 0 Å². The lowest BCUT2D eigenvalue weighted by Crippen LogP contribution is -2.44. The molecule has 9 rings (SSSR count). The van der Waals surface area contributed by atoms with E-state index in [4.69, 9.17) is 16.0 Å². The monoisotopic (exact) mass is 657 g/mol. The maximum Gasteiger partial charge on any atom is 0.377 e. The van der Waals surface area contributed by atoms with Crippen molar-refractivity contribution in [1.82, 2.24) is 0 Å². The fourth-order valence-electron chi connectivity index (χ4n) is 10.5. The van der Waals surface area contributed by atoms with Crippen LogP contribution < -0.4 is 20.1 Å². The standard InChI is InChI=1S/C45H43N3O2/c1-27-12-14-28(15-13-27)45(29-16-18-30(49-7)19-17-29)21-20-32-39-38(33-22-36-37(48-41(46-6)47-36)23-34(33)40(32)50-45)31-10-8-9-11-35(31)44(39)25-42(2,3)24-43(4,5)26-44/h8-23,41,47-48H,24-26H2,1-5,7H3. The smallest absolute Gasteiger partial charge is 0.377 e. The summed E-state index contributed by atoms with van der Waals surface area (Å²) in [6.45, 7) is 19.7. The average Bonchev–Trinajstić information content (AvgIpc) is 3.62. The first kappa shape index (κ1) is 30.8. The molecule has 1 saturated carbocycles. The van der Waals surface area contributed by atoms with Gasteiger partial charge < -0.3 is 9.47 Å². The fourth-order valence-corrected chi connectivity index (χ4v) is 10.5. The zero-order chi connectivity index (χ0) is 34.6. The number of hydrogen-bond acceptors (Lipinski definition) is 4. The molecular weight excluding hydrogens is 615 g/mol. The third-order valence-corrected chi connectivity index (χ3v) is 11.6. The van der Waals surface area contributed by atoms with Crippen molar-refractivity contribution in [1.29, 1.82) is 0 Å². The van der Waals surface area contributed by atoms with Gasteiger partial charge in [-0.3, -0.25) is 15.5 Å². The number of fused-ring (bicyclic) bond motifs is 11. The lowest BCUT2D eigenvalue weighted by atomic mass is 9.52. The highest BCUT2D eigenvalue weighted by molar-refractivity contribution is 6.11. The summed E-state index contributed by atoms with van der Waals surface area (Å²) in [7, 11) is 1.70. The van der Waals surface area contributed by atoms with Gasteiger partial charge in [0.15, 0.2) is 5.60 Å². The predicted octanol–water partition coefficient (Wildman–Crippen LogP) is 11.0. The number of benzene rings is 5. The summed E-state index contributed by atoms with van der Waals surface area (Å²) in [5.41, 5.74) is 11.0. The zero-order valence-electron chi connectivity index (χ0n) is 29.7. The molecule has 0 amide bonds. The second kappa shape index (κ2) is 10.4. The van der Waals surface area contributed by atoms with Crippen LogP contribution in [-0.2, 0) is 11.0 Å². The molecule has 1 spiro atoms. The molecule has 2 heterocycles. The summed E-state index contributed by atoms with van der Waals surface area (Å²) in [5.74, 6) is 1.70. The van der Waals surface area contributed by atoms with Gasteiger partial charge in [0, 0.05) is 27.5 Å². The molecule has 2 atom stereocenters. The van der Waals surface area contributed by atoms with E-state index in [1.807, 2.05) is 12.1 Å². The normalized spacial score (nSPS) is 22.7. The van der Waals surface area contributed by atoms with Crippen LogP contribution in [0.15, 0.2) is 91.0 Å². The quantitative estimate of drug-likeness (QED) is 0.190. The Balaban J connectivity index is 1.39. The number of hydrogen-bond donors (Lipinski definition) is 2. The van der Waals surface area contributed by atoms with Gasteiger partial charge in [-0.15, -0.1) is 0 Å². The minimum absolute atomic E-state index is 0.137. The molecule has 2 N–H and O–H groups in total. The second-order valence-electron chi connectivity index (χ2n) is 16.5. The van der Waals surface area contributed by atoms with Gasteiger partial charge in [0.05, 0.1) is 18.5 Å². The number of aryl methyl sites for hydroxylation is 1. The Bertz CT molecular complexity index is 2280. The van der Waals surface area contributed by atoms with Crippen LogP contribution in [0.3, 0.4) is 0 Å². The molecule has 0 radical (unpaired) electrons. The van der Waals surface area contributed by atoms with E-state index in [-0.39, 0.29) is 16.2 Å². The second-order valence-corrected chi connectivity index (χ2v) is 16.5. The molecule has 4 aliphatic rings. The van der Waals surface area contributed by atoms with Gasteiger partial charge in [-0.2, -0.15) is 0 Å². The van der Waals surface area contributed by atoms with Gasteiger partial charge in [0.1, 0.15) is 11.5 Å². The molecule has 1 fully saturated rings. The van der Waals surface area contributed by atoms with Crippen molar-refractivity contribution in [3.63, 3.8) is 0 Å². The van der Waals surface area contributed by atoms with E-state index in [0.29, 0.717) is 0 Å².